The lowest BCUT2D eigenvalue weighted by Gasteiger charge is -2.13. The second kappa shape index (κ2) is 8.24. The quantitative estimate of drug-likeness (QED) is 0.843. The molecule has 1 amide bonds. The van der Waals surface area contributed by atoms with Gasteiger partial charge in [-0.25, -0.2) is 0 Å². The van der Waals surface area contributed by atoms with Crippen molar-refractivity contribution in [2.45, 2.75) is 20.3 Å². The number of carbonyl (C=O) groups excluding carboxylic acids is 1. The van der Waals surface area contributed by atoms with Crippen LogP contribution in [0.5, 0.6) is 17.2 Å². The average Bonchev–Trinajstić information content (AvgIpc) is 2.58. The van der Waals surface area contributed by atoms with E-state index in [9.17, 15) is 4.79 Å². The number of rotatable bonds is 7. The van der Waals surface area contributed by atoms with Gasteiger partial charge in [0.25, 0.3) is 0 Å². The maximum absolute atomic E-state index is 12.3. The Morgan fingerprint density at radius 1 is 1.04 bits per heavy atom. The summed E-state index contributed by atoms with van der Waals surface area (Å²) < 4.78 is 15.9. The smallest absolute Gasteiger partial charge is 0.228 e. The molecule has 5 heteroatoms. The lowest BCUT2D eigenvalue weighted by molar-refractivity contribution is -0.115. The van der Waals surface area contributed by atoms with Crippen molar-refractivity contribution >= 4 is 11.6 Å². The topological polar surface area (TPSA) is 56.8 Å². The highest BCUT2D eigenvalue weighted by atomic mass is 16.5. The maximum atomic E-state index is 12.3. The fourth-order valence-corrected chi connectivity index (χ4v) is 2.39. The molecule has 5 nitrogen and oxygen atoms in total. The summed E-state index contributed by atoms with van der Waals surface area (Å²) in [5, 5.41) is 2.89. The average molecular weight is 329 g/mol. The molecule has 0 radical (unpaired) electrons. The van der Waals surface area contributed by atoms with Gasteiger partial charge in [0.1, 0.15) is 5.75 Å². The highest BCUT2D eigenvalue weighted by molar-refractivity contribution is 5.92. The van der Waals surface area contributed by atoms with Crippen LogP contribution in [0, 0.1) is 6.92 Å². The van der Waals surface area contributed by atoms with E-state index in [1.54, 1.807) is 14.2 Å². The van der Waals surface area contributed by atoms with Crippen molar-refractivity contribution in [3.8, 4) is 17.2 Å². The van der Waals surface area contributed by atoms with E-state index in [0.717, 1.165) is 22.6 Å². The highest BCUT2D eigenvalue weighted by Crippen LogP contribution is 2.30. The van der Waals surface area contributed by atoms with Crippen LogP contribution in [0.3, 0.4) is 0 Å². The van der Waals surface area contributed by atoms with Crippen LogP contribution in [0.1, 0.15) is 18.1 Å². The first-order valence-electron chi connectivity index (χ1n) is 7.81. The van der Waals surface area contributed by atoms with Gasteiger partial charge >= 0.3 is 0 Å². The second-order valence-electron chi connectivity index (χ2n) is 5.32. The highest BCUT2D eigenvalue weighted by Gasteiger charge is 2.12. The Balaban J connectivity index is 2.06. The van der Waals surface area contributed by atoms with E-state index < -0.39 is 0 Å². The standard InChI is InChI=1S/C19H23NO4/c1-5-24-16-8-6-15(7-9-16)20-19(21)12-14-11-18(23-4)17(22-3)10-13(14)2/h6-11H,5,12H2,1-4H3,(H,20,21). The Hall–Kier alpha value is -2.69. The summed E-state index contributed by atoms with van der Waals surface area (Å²) in [5.74, 6) is 1.97. The molecule has 0 aromatic heterocycles. The first-order valence-corrected chi connectivity index (χ1v) is 7.81. The molecule has 0 fully saturated rings. The lowest BCUT2D eigenvalue weighted by Crippen LogP contribution is -2.15. The summed E-state index contributed by atoms with van der Waals surface area (Å²) in [6.45, 7) is 4.49. The molecule has 0 atom stereocenters. The third kappa shape index (κ3) is 4.41. The van der Waals surface area contributed by atoms with Crippen molar-refractivity contribution in [1.82, 2.24) is 0 Å². The summed E-state index contributed by atoms with van der Waals surface area (Å²) in [7, 11) is 3.17. The molecule has 0 bridgehead atoms. The Kier molecular flexibility index (Phi) is 6.07. The largest absolute Gasteiger partial charge is 0.494 e. The molecule has 0 aliphatic carbocycles. The van der Waals surface area contributed by atoms with Gasteiger partial charge in [0.05, 0.1) is 27.2 Å². The first kappa shape index (κ1) is 17.7. The molecule has 0 saturated heterocycles. The number of carbonyl (C=O) groups is 1. The van der Waals surface area contributed by atoms with Crippen LogP contribution in [0.15, 0.2) is 36.4 Å². The molecule has 0 saturated carbocycles. The van der Waals surface area contributed by atoms with E-state index in [4.69, 9.17) is 14.2 Å². The molecular weight excluding hydrogens is 306 g/mol. The summed E-state index contributed by atoms with van der Waals surface area (Å²) in [6.07, 6.45) is 0.263. The molecule has 2 aromatic rings. The normalized spacial score (nSPS) is 10.2. The summed E-state index contributed by atoms with van der Waals surface area (Å²) in [6, 6.07) is 11.0. The van der Waals surface area contributed by atoms with E-state index in [0.29, 0.717) is 18.1 Å². The summed E-state index contributed by atoms with van der Waals surface area (Å²) in [4.78, 5) is 12.3. The fourth-order valence-electron chi connectivity index (χ4n) is 2.39. The third-order valence-electron chi connectivity index (χ3n) is 3.64. The van der Waals surface area contributed by atoms with Gasteiger partial charge in [-0.2, -0.15) is 0 Å². The molecule has 0 aliphatic heterocycles. The molecule has 24 heavy (non-hydrogen) atoms. The number of amides is 1. The zero-order valence-corrected chi connectivity index (χ0v) is 14.5. The van der Waals surface area contributed by atoms with E-state index in [1.807, 2.05) is 50.2 Å². The number of nitrogens with one attached hydrogen (secondary N) is 1. The van der Waals surface area contributed by atoms with E-state index in [2.05, 4.69) is 5.32 Å². The predicted molar refractivity (Wildman–Crippen MR) is 94.2 cm³/mol. The zero-order chi connectivity index (χ0) is 17.5. The zero-order valence-electron chi connectivity index (χ0n) is 14.5. The number of methoxy groups -OCH3 is 2. The van der Waals surface area contributed by atoms with E-state index >= 15 is 0 Å². The van der Waals surface area contributed by atoms with E-state index in [1.165, 1.54) is 0 Å². The molecule has 0 aliphatic rings. The minimum Gasteiger partial charge on any atom is -0.494 e. The first-order chi connectivity index (χ1) is 11.6. The van der Waals surface area contributed by atoms with Crippen molar-refractivity contribution in [1.29, 1.82) is 0 Å². The van der Waals surface area contributed by atoms with Crippen molar-refractivity contribution < 1.29 is 19.0 Å². The van der Waals surface area contributed by atoms with Crippen LogP contribution in [0.2, 0.25) is 0 Å². The maximum Gasteiger partial charge on any atom is 0.228 e. The minimum atomic E-state index is -0.0884. The number of ether oxygens (including phenoxy) is 3. The van der Waals surface area contributed by atoms with Crippen LogP contribution in [0.4, 0.5) is 5.69 Å². The number of anilines is 1. The van der Waals surface area contributed by atoms with Crippen LogP contribution >= 0.6 is 0 Å². The Morgan fingerprint density at radius 3 is 2.25 bits per heavy atom. The van der Waals surface area contributed by atoms with Gasteiger partial charge in [-0.05, 0) is 61.4 Å². The van der Waals surface area contributed by atoms with Crippen LogP contribution in [0.25, 0.3) is 0 Å². The van der Waals surface area contributed by atoms with Gasteiger partial charge in [-0.15, -0.1) is 0 Å². The van der Waals surface area contributed by atoms with Crippen molar-refractivity contribution in [3.05, 3.63) is 47.5 Å². The van der Waals surface area contributed by atoms with Gasteiger partial charge < -0.3 is 19.5 Å². The van der Waals surface area contributed by atoms with Gasteiger partial charge in [-0.1, -0.05) is 0 Å². The van der Waals surface area contributed by atoms with Gasteiger partial charge in [0.15, 0.2) is 11.5 Å². The molecule has 2 rings (SSSR count). The summed E-state index contributed by atoms with van der Waals surface area (Å²) >= 11 is 0. The van der Waals surface area contributed by atoms with Crippen molar-refractivity contribution in [3.63, 3.8) is 0 Å². The number of hydrogen-bond donors (Lipinski definition) is 1. The van der Waals surface area contributed by atoms with Crippen molar-refractivity contribution in [2.24, 2.45) is 0 Å². The molecule has 1 N–H and O–H groups in total. The molecule has 0 unspecified atom stereocenters. The number of hydrogen-bond acceptors (Lipinski definition) is 4. The molecular formula is C19H23NO4. The molecule has 128 valence electrons. The van der Waals surface area contributed by atoms with Crippen LogP contribution < -0.4 is 19.5 Å². The van der Waals surface area contributed by atoms with Gasteiger partial charge in [0, 0.05) is 5.69 Å². The van der Waals surface area contributed by atoms with Crippen LogP contribution in [-0.2, 0) is 11.2 Å². The molecule has 0 spiro atoms. The van der Waals surface area contributed by atoms with Gasteiger partial charge in [0.2, 0.25) is 5.91 Å². The molecule has 0 heterocycles. The third-order valence-corrected chi connectivity index (χ3v) is 3.64. The number of benzene rings is 2. The van der Waals surface area contributed by atoms with Gasteiger partial charge in [-0.3, -0.25) is 4.79 Å². The SMILES string of the molecule is CCOc1ccc(NC(=O)Cc2cc(OC)c(OC)cc2C)cc1. The fraction of sp³-hybridized carbons (Fsp3) is 0.316. The predicted octanol–water partition coefficient (Wildman–Crippen LogP) is 3.59. The lowest BCUT2D eigenvalue weighted by atomic mass is 10.0. The minimum absolute atomic E-state index is 0.0884. The molecule has 2 aromatic carbocycles. The monoisotopic (exact) mass is 329 g/mol. The second-order valence-corrected chi connectivity index (χ2v) is 5.32. The van der Waals surface area contributed by atoms with E-state index in [-0.39, 0.29) is 12.3 Å². The summed E-state index contributed by atoms with van der Waals surface area (Å²) in [5.41, 5.74) is 2.62. The Morgan fingerprint density at radius 2 is 1.67 bits per heavy atom. The van der Waals surface area contributed by atoms with Crippen molar-refractivity contribution in [2.75, 3.05) is 26.1 Å². The Labute approximate surface area is 142 Å². The Bertz CT molecular complexity index is 695. The number of aryl methyl sites for hydroxylation is 1. The van der Waals surface area contributed by atoms with Crippen LogP contribution in [-0.4, -0.2) is 26.7 Å².